The van der Waals surface area contributed by atoms with E-state index in [9.17, 15) is 0 Å². The highest BCUT2D eigenvalue weighted by Crippen LogP contribution is 2.35. The summed E-state index contributed by atoms with van der Waals surface area (Å²) >= 11 is 0. The zero-order chi connectivity index (χ0) is 9.84. The lowest BCUT2D eigenvalue weighted by molar-refractivity contribution is 1.07. The van der Waals surface area contributed by atoms with Crippen LogP contribution < -0.4 is 0 Å². The summed E-state index contributed by atoms with van der Waals surface area (Å²) in [7, 11) is 0. The van der Waals surface area contributed by atoms with E-state index in [1.807, 2.05) is 6.21 Å². The predicted octanol–water partition coefficient (Wildman–Crippen LogP) is 3.73. The summed E-state index contributed by atoms with van der Waals surface area (Å²) in [5.74, 6) is 0.804. The second-order valence-corrected chi connectivity index (χ2v) is 3.91. The molecule has 13 heavy (non-hydrogen) atoms. The Kier molecular flexibility index (Phi) is 3.47. The van der Waals surface area contributed by atoms with Crippen LogP contribution in [-0.4, -0.2) is 6.21 Å². The first-order valence-electron chi connectivity index (χ1n) is 4.99. The van der Waals surface area contributed by atoms with Gasteiger partial charge in [-0.2, -0.15) is 0 Å². The molecule has 1 saturated carbocycles. The summed E-state index contributed by atoms with van der Waals surface area (Å²) < 4.78 is 0. The van der Waals surface area contributed by atoms with Crippen LogP contribution in [0.5, 0.6) is 0 Å². The van der Waals surface area contributed by atoms with Gasteiger partial charge in [0.25, 0.3) is 0 Å². The van der Waals surface area contributed by atoms with E-state index in [0.29, 0.717) is 0 Å². The standard InChI is InChI=1S/C12H19N/c1-5-11(12-6-7-12)8-13-10(4)9(2)3/h5,8,12H,6-7H2,1-4H3/b11-5+,13-8?. The summed E-state index contributed by atoms with van der Waals surface area (Å²) in [6.45, 7) is 8.35. The number of aliphatic imine (C=N–C) groups is 1. The molecule has 0 N–H and O–H groups in total. The van der Waals surface area contributed by atoms with Gasteiger partial charge in [-0.15, -0.1) is 0 Å². The van der Waals surface area contributed by atoms with Gasteiger partial charge in [0.15, 0.2) is 0 Å². The van der Waals surface area contributed by atoms with Gasteiger partial charge in [-0.3, -0.25) is 4.99 Å². The molecular formula is C12H19N. The molecule has 0 saturated heterocycles. The van der Waals surface area contributed by atoms with Gasteiger partial charge in [0, 0.05) is 11.9 Å². The molecule has 0 aliphatic heterocycles. The van der Waals surface area contributed by atoms with Crippen molar-refractivity contribution in [2.24, 2.45) is 10.9 Å². The Morgan fingerprint density at radius 2 is 1.85 bits per heavy atom. The van der Waals surface area contributed by atoms with Crippen molar-refractivity contribution >= 4 is 6.21 Å². The molecule has 1 fully saturated rings. The molecule has 1 heteroatoms. The summed E-state index contributed by atoms with van der Waals surface area (Å²) in [5.41, 5.74) is 3.84. The van der Waals surface area contributed by atoms with Crippen LogP contribution in [0.25, 0.3) is 0 Å². The van der Waals surface area contributed by atoms with E-state index >= 15 is 0 Å². The van der Waals surface area contributed by atoms with Gasteiger partial charge in [-0.05, 0) is 52.0 Å². The third-order valence-electron chi connectivity index (χ3n) is 2.51. The van der Waals surface area contributed by atoms with Crippen LogP contribution in [0.3, 0.4) is 0 Å². The Balaban J connectivity index is 2.60. The van der Waals surface area contributed by atoms with E-state index in [4.69, 9.17) is 0 Å². The first-order valence-corrected chi connectivity index (χ1v) is 4.99. The van der Waals surface area contributed by atoms with Crippen LogP contribution in [-0.2, 0) is 0 Å². The zero-order valence-corrected chi connectivity index (χ0v) is 9.09. The van der Waals surface area contributed by atoms with Crippen molar-refractivity contribution in [3.05, 3.63) is 22.9 Å². The third kappa shape index (κ3) is 3.17. The summed E-state index contributed by atoms with van der Waals surface area (Å²) in [6, 6.07) is 0. The lowest BCUT2D eigenvalue weighted by atomic mass is 10.2. The van der Waals surface area contributed by atoms with Crippen LogP contribution in [0, 0.1) is 5.92 Å². The molecule has 0 spiro atoms. The van der Waals surface area contributed by atoms with Crippen LogP contribution in [0.15, 0.2) is 27.9 Å². The minimum absolute atomic E-state index is 0.804. The molecule has 1 aliphatic carbocycles. The molecule has 0 atom stereocenters. The Hall–Kier alpha value is -0.850. The van der Waals surface area contributed by atoms with Crippen LogP contribution in [0.4, 0.5) is 0 Å². The van der Waals surface area contributed by atoms with E-state index in [0.717, 1.165) is 11.6 Å². The second kappa shape index (κ2) is 4.40. The van der Waals surface area contributed by atoms with Crippen LogP contribution in [0.2, 0.25) is 0 Å². The van der Waals surface area contributed by atoms with Gasteiger partial charge in [0.1, 0.15) is 0 Å². The molecule has 1 aliphatic rings. The molecule has 1 rings (SSSR count). The average molecular weight is 177 g/mol. The largest absolute Gasteiger partial charge is 0.261 e. The monoisotopic (exact) mass is 177 g/mol. The first-order chi connectivity index (χ1) is 6.15. The average Bonchev–Trinajstić information content (AvgIpc) is 2.88. The minimum Gasteiger partial charge on any atom is -0.261 e. The fraction of sp³-hybridized carbons (Fsp3) is 0.583. The SMILES string of the molecule is C/C=C(\C=NC(C)=C(C)C)C1CC1. The highest BCUT2D eigenvalue weighted by atomic mass is 14.7. The Morgan fingerprint density at radius 1 is 1.23 bits per heavy atom. The molecule has 0 aromatic carbocycles. The van der Waals surface area contributed by atoms with Crippen molar-refractivity contribution in [1.82, 2.24) is 0 Å². The molecule has 0 amide bonds. The Bertz CT molecular complexity index is 261. The van der Waals surface area contributed by atoms with Crippen LogP contribution in [0.1, 0.15) is 40.5 Å². The van der Waals surface area contributed by atoms with Crippen LogP contribution >= 0.6 is 0 Å². The minimum atomic E-state index is 0.804. The summed E-state index contributed by atoms with van der Waals surface area (Å²) in [6.07, 6.45) is 6.90. The van der Waals surface area contributed by atoms with E-state index in [1.54, 1.807) is 0 Å². The van der Waals surface area contributed by atoms with Crippen molar-refractivity contribution in [3.63, 3.8) is 0 Å². The van der Waals surface area contributed by atoms with Gasteiger partial charge in [0.2, 0.25) is 0 Å². The molecule has 0 aromatic heterocycles. The number of rotatable bonds is 3. The van der Waals surface area contributed by atoms with Gasteiger partial charge in [0.05, 0.1) is 0 Å². The quantitative estimate of drug-likeness (QED) is 0.582. The number of hydrogen-bond donors (Lipinski definition) is 0. The van der Waals surface area contributed by atoms with Gasteiger partial charge in [-0.1, -0.05) is 11.6 Å². The Morgan fingerprint density at radius 3 is 2.23 bits per heavy atom. The fourth-order valence-corrected chi connectivity index (χ4v) is 1.13. The predicted molar refractivity (Wildman–Crippen MR) is 59.0 cm³/mol. The lowest BCUT2D eigenvalue weighted by Crippen LogP contribution is -1.87. The first kappa shape index (κ1) is 10.2. The van der Waals surface area contributed by atoms with Crippen molar-refractivity contribution < 1.29 is 0 Å². The van der Waals surface area contributed by atoms with Crippen molar-refractivity contribution in [3.8, 4) is 0 Å². The maximum atomic E-state index is 4.44. The van der Waals surface area contributed by atoms with Gasteiger partial charge in [-0.25, -0.2) is 0 Å². The smallest absolute Gasteiger partial charge is 0.0359 e. The highest BCUT2D eigenvalue weighted by Gasteiger charge is 2.23. The maximum absolute atomic E-state index is 4.44. The molecular weight excluding hydrogens is 158 g/mol. The van der Waals surface area contributed by atoms with Crippen molar-refractivity contribution in [2.45, 2.75) is 40.5 Å². The highest BCUT2D eigenvalue weighted by molar-refractivity contribution is 5.80. The Labute approximate surface area is 81.3 Å². The second-order valence-electron chi connectivity index (χ2n) is 3.91. The topological polar surface area (TPSA) is 12.4 Å². The molecule has 0 bridgehead atoms. The van der Waals surface area contributed by atoms with E-state index in [-0.39, 0.29) is 0 Å². The molecule has 0 heterocycles. The molecule has 0 radical (unpaired) electrons. The van der Waals surface area contributed by atoms with Gasteiger partial charge >= 0.3 is 0 Å². The van der Waals surface area contributed by atoms with E-state index < -0.39 is 0 Å². The normalized spacial score (nSPS) is 18.0. The number of allylic oxidation sites excluding steroid dienone is 4. The third-order valence-corrected chi connectivity index (χ3v) is 2.51. The number of nitrogens with zero attached hydrogens (tertiary/aromatic N) is 1. The van der Waals surface area contributed by atoms with E-state index in [2.05, 4.69) is 38.8 Å². The van der Waals surface area contributed by atoms with Crippen molar-refractivity contribution in [2.75, 3.05) is 0 Å². The summed E-state index contributed by atoms with van der Waals surface area (Å²) in [4.78, 5) is 4.44. The number of hydrogen-bond acceptors (Lipinski definition) is 1. The maximum Gasteiger partial charge on any atom is 0.0359 e. The van der Waals surface area contributed by atoms with E-state index in [1.165, 1.54) is 24.0 Å². The molecule has 0 unspecified atom stereocenters. The van der Waals surface area contributed by atoms with Gasteiger partial charge < -0.3 is 0 Å². The molecule has 0 aromatic rings. The molecule has 1 nitrogen and oxygen atoms in total. The lowest BCUT2D eigenvalue weighted by Gasteiger charge is -1.98. The molecule has 72 valence electrons. The fourth-order valence-electron chi connectivity index (χ4n) is 1.13. The zero-order valence-electron chi connectivity index (χ0n) is 9.09. The summed E-state index contributed by atoms with van der Waals surface area (Å²) in [5, 5.41) is 0. The van der Waals surface area contributed by atoms with Crippen molar-refractivity contribution in [1.29, 1.82) is 0 Å².